The van der Waals surface area contributed by atoms with E-state index in [-0.39, 0.29) is 0 Å². The summed E-state index contributed by atoms with van der Waals surface area (Å²) in [7, 11) is 0. The highest BCUT2D eigenvalue weighted by Gasteiger charge is 2.33. The maximum atomic E-state index is 2.57. The highest BCUT2D eigenvalue weighted by molar-refractivity contribution is 5.52. The Hall–Kier alpha value is -1.31. The summed E-state index contributed by atoms with van der Waals surface area (Å²) < 4.78 is 2.53. The van der Waals surface area contributed by atoms with Gasteiger partial charge in [0.2, 0.25) is 6.34 Å². The van der Waals surface area contributed by atoms with Crippen molar-refractivity contribution in [3.05, 3.63) is 33.9 Å². The molecule has 0 bridgehead atoms. The number of benzene rings is 1. The third-order valence-electron chi connectivity index (χ3n) is 5.31. The van der Waals surface area contributed by atoms with Crippen molar-refractivity contribution in [1.82, 2.24) is 4.90 Å². The molecule has 1 saturated heterocycles. The van der Waals surface area contributed by atoms with Crippen LogP contribution in [0.15, 0.2) is 6.07 Å². The van der Waals surface area contributed by atoms with Gasteiger partial charge in [0, 0.05) is 0 Å². The van der Waals surface area contributed by atoms with Crippen molar-refractivity contribution in [1.29, 1.82) is 0 Å². The fourth-order valence-electron chi connectivity index (χ4n) is 3.74. The monoisotopic (exact) mass is 271 g/mol. The van der Waals surface area contributed by atoms with Gasteiger partial charge in [0.05, 0.1) is 6.54 Å². The molecule has 0 amide bonds. The SMILES string of the molecule is Cc1cc(C)c(C)c(C[N+]2=CN3CCCCC3C2)c1C. The molecule has 2 aliphatic heterocycles. The fourth-order valence-corrected chi connectivity index (χ4v) is 3.74. The van der Waals surface area contributed by atoms with Gasteiger partial charge in [0.15, 0.2) is 0 Å². The summed E-state index contributed by atoms with van der Waals surface area (Å²) in [5.74, 6) is 0. The molecule has 0 saturated carbocycles. The van der Waals surface area contributed by atoms with Gasteiger partial charge >= 0.3 is 0 Å². The van der Waals surface area contributed by atoms with Gasteiger partial charge in [0.1, 0.15) is 19.1 Å². The van der Waals surface area contributed by atoms with Crippen molar-refractivity contribution in [3.63, 3.8) is 0 Å². The van der Waals surface area contributed by atoms with E-state index in [0.717, 1.165) is 12.6 Å². The van der Waals surface area contributed by atoms with Gasteiger partial charge in [-0.2, -0.15) is 0 Å². The van der Waals surface area contributed by atoms with Gasteiger partial charge in [-0.3, -0.25) is 9.48 Å². The quantitative estimate of drug-likeness (QED) is 0.748. The van der Waals surface area contributed by atoms with E-state index >= 15 is 0 Å². The Labute approximate surface area is 123 Å². The number of piperidine rings is 1. The molecule has 0 N–H and O–H groups in total. The number of hydrogen-bond donors (Lipinski definition) is 0. The number of nitrogens with zero attached hydrogens (tertiary/aromatic N) is 2. The molecule has 1 atom stereocenters. The zero-order chi connectivity index (χ0) is 14.3. The predicted molar refractivity (Wildman–Crippen MR) is 84.6 cm³/mol. The lowest BCUT2D eigenvalue weighted by Crippen LogP contribution is -2.35. The molecular formula is C18H27N2+. The summed E-state index contributed by atoms with van der Waals surface area (Å²) in [5, 5.41) is 0. The van der Waals surface area contributed by atoms with Crippen LogP contribution in [-0.4, -0.2) is 34.9 Å². The standard InChI is InChI=1S/C18H27N2/c1-13-9-14(2)16(4)18(15(13)3)11-19-10-17-7-5-6-8-20(17)12-19/h9,12,17H,5-8,10-11H2,1-4H3/q+1. The minimum atomic E-state index is 0.773. The lowest BCUT2D eigenvalue weighted by molar-refractivity contribution is -0.533. The second kappa shape index (κ2) is 5.23. The van der Waals surface area contributed by atoms with Gasteiger partial charge < -0.3 is 0 Å². The van der Waals surface area contributed by atoms with Crippen molar-refractivity contribution in [2.24, 2.45) is 0 Å². The average Bonchev–Trinajstić information content (AvgIpc) is 2.84. The molecule has 1 unspecified atom stereocenters. The molecular weight excluding hydrogens is 244 g/mol. The van der Waals surface area contributed by atoms with E-state index in [1.165, 1.54) is 54.6 Å². The molecule has 3 rings (SSSR count). The Morgan fingerprint density at radius 2 is 1.80 bits per heavy atom. The van der Waals surface area contributed by atoms with Crippen LogP contribution in [0.4, 0.5) is 0 Å². The second-order valence-electron chi connectivity index (χ2n) is 6.67. The summed E-state index contributed by atoms with van der Waals surface area (Å²) in [5.41, 5.74) is 7.36. The van der Waals surface area contributed by atoms with Crippen molar-refractivity contribution >= 4 is 6.34 Å². The van der Waals surface area contributed by atoms with Crippen LogP contribution in [0.5, 0.6) is 0 Å². The van der Waals surface area contributed by atoms with Gasteiger partial charge in [0.25, 0.3) is 0 Å². The van der Waals surface area contributed by atoms with Crippen LogP contribution in [0.1, 0.15) is 47.1 Å². The van der Waals surface area contributed by atoms with Crippen LogP contribution in [0.2, 0.25) is 0 Å². The molecule has 2 heteroatoms. The first-order valence-electron chi connectivity index (χ1n) is 7.97. The first-order chi connectivity index (χ1) is 9.56. The molecule has 2 nitrogen and oxygen atoms in total. The summed E-state index contributed by atoms with van der Waals surface area (Å²) in [6.45, 7) is 12.6. The smallest absolute Gasteiger partial charge is 0.234 e. The van der Waals surface area contributed by atoms with Crippen LogP contribution in [0.3, 0.4) is 0 Å². The zero-order valence-electron chi connectivity index (χ0n) is 13.4. The summed E-state index contributed by atoms with van der Waals surface area (Å²) in [6.07, 6.45) is 6.53. The molecule has 2 heterocycles. The van der Waals surface area contributed by atoms with Crippen molar-refractivity contribution in [2.75, 3.05) is 13.1 Å². The first-order valence-corrected chi connectivity index (χ1v) is 7.97. The van der Waals surface area contributed by atoms with Gasteiger partial charge in [-0.15, -0.1) is 0 Å². The van der Waals surface area contributed by atoms with Crippen molar-refractivity contribution < 1.29 is 4.58 Å². The van der Waals surface area contributed by atoms with E-state index in [0.29, 0.717) is 0 Å². The molecule has 0 spiro atoms. The number of fused-ring (bicyclic) bond motifs is 1. The maximum absolute atomic E-state index is 2.57. The molecule has 2 aliphatic rings. The Morgan fingerprint density at radius 3 is 2.45 bits per heavy atom. The minimum absolute atomic E-state index is 0.773. The highest BCUT2D eigenvalue weighted by Crippen LogP contribution is 2.24. The average molecular weight is 271 g/mol. The zero-order valence-corrected chi connectivity index (χ0v) is 13.4. The van der Waals surface area contributed by atoms with Crippen LogP contribution < -0.4 is 0 Å². The molecule has 0 aromatic heterocycles. The van der Waals surface area contributed by atoms with Crippen molar-refractivity contribution in [2.45, 2.75) is 59.5 Å². The molecule has 20 heavy (non-hydrogen) atoms. The highest BCUT2D eigenvalue weighted by atomic mass is 15.3. The van der Waals surface area contributed by atoms with Crippen molar-refractivity contribution in [3.8, 4) is 0 Å². The molecule has 0 radical (unpaired) electrons. The Bertz CT molecular complexity index is 531. The Balaban J connectivity index is 1.85. The van der Waals surface area contributed by atoms with Gasteiger partial charge in [-0.25, -0.2) is 0 Å². The van der Waals surface area contributed by atoms with Crippen LogP contribution in [-0.2, 0) is 6.54 Å². The molecule has 1 fully saturated rings. The van der Waals surface area contributed by atoms with E-state index < -0.39 is 0 Å². The van der Waals surface area contributed by atoms with Gasteiger partial charge in [-0.1, -0.05) is 6.07 Å². The second-order valence-corrected chi connectivity index (χ2v) is 6.67. The third-order valence-corrected chi connectivity index (χ3v) is 5.31. The fraction of sp³-hybridized carbons (Fsp3) is 0.611. The van der Waals surface area contributed by atoms with E-state index in [2.05, 4.69) is 49.6 Å². The third kappa shape index (κ3) is 2.36. The predicted octanol–water partition coefficient (Wildman–Crippen LogP) is 3.33. The summed E-state index contributed by atoms with van der Waals surface area (Å²) in [6, 6.07) is 3.10. The lowest BCUT2D eigenvalue weighted by Gasteiger charge is -2.21. The number of rotatable bonds is 2. The lowest BCUT2D eigenvalue weighted by atomic mass is 9.94. The van der Waals surface area contributed by atoms with Crippen LogP contribution in [0, 0.1) is 27.7 Å². The topological polar surface area (TPSA) is 6.25 Å². The van der Waals surface area contributed by atoms with Crippen LogP contribution >= 0.6 is 0 Å². The Kier molecular flexibility index (Phi) is 3.57. The normalized spacial score (nSPS) is 21.9. The molecule has 1 aromatic rings. The minimum Gasteiger partial charge on any atom is -0.262 e. The van der Waals surface area contributed by atoms with Crippen LogP contribution in [0.25, 0.3) is 0 Å². The summed E-state index contributed by atoms with van der Waals surface area (Å²) in [4.78, 5) is 2.57. The van der Waals surface area contributed by atoms with Gasteiger partial charge in [-0.05, 0) is 74.8 Å². The van der Waals surface area contributed by atoms with E-state index in [1.54, 1.807) is 5.56 Å². The number of aryl methyl sites for hydroxylation is 2. The molecule has 108 valence electrons. The largest absolute Gasteiger partial charge is 0.262 e. The maximum Gasteiger partial charge on any atom is 0.234 e. The molecule has 0 aliphatic carbocycles. The van der Waals surface area contributed by atoms with E-state index in [1.807, 2.05) is 0 Å². The number of hydrogen-bond acceptors (Lipinski definition) is 1. The Morgan fingerprint density at radius 1 is 1.10 bits per heavy atom. The van der Waals surface area contributed by atoms with E-state index in [4.69, 9.17) is 0 Å². The summed E-state index contributed by atoms with van der Waals surface area (Å²) >= 11 is 0. The first kappa shape index (κ1) is 13.7. The molecule has 1 aromatic carbocycles. The van der Waals surface area contributed by atoms with E-state index in [9.17, 15) is 0 Å².